The second-order valence-electron chi connectivity index (χ2n) is 2.57. The fourth-order valence-corrected chi connectivity index (χ4v) is 0.963. The van der Waals surface area contributed by atoms with Crippen molar-refractivity contribution in [1.29, 1.82) is 0 Å². The van der Waals surface area contributed by atoms with Gasteiger partial charge in [0.1, 0.15) is 0 Å². The van der Waals surface area contributed by atoms with Crippen molar-refractivity contribution in [2.75, 3.05) is 6.61 Å². The van der Waals surface area contributed by atoms with E-state index in [2.05, 4.69) is 0 Å². The Morgan fingerprint density at radius 1 is 1.27 bits per heavy atom. The molecule has 0 aliphatic rings. The first-order valence-electron chi connectivity index (χ1n) is 3.69. The summed E-state index contributed by atoms with van der Waals surface area (Å²) in [5.74, 6) is 0. The highest BCUT2D eigenvalue weighted by atomic mass is 16.3. The van der Waals surface area contributed by atoms with Crippen molar-refractivity contribution in [3.63, 3.8) is 0 Å². The van der Waals surface area contributed by atoms with Crippen LogP contribution in [0.1, 0.15) is 5.56 Å². The van der Waals surface area contributed by atoms with Crippen LogP contribution in [0.25, 0.3) is 0 Å². The van der Waals surface area contributed by atoms with Gasteiger partial charge in [-0.15, -0.1) is 0 Å². The maximum absolute atomic E-state index is 8.61. The molecule has 2 N–H and O–H groups in total. The molecule has 1 atom stereocenters. The SMILES string of the molecule is [NH]C(CO)Cc1ccccc1. The Hall–Kier alpha value is -0.860. The van der Waals surface area contributed by atoms with Crippen LogP contribution < -0.4 is 5.73 Å². The van der Waals surface area contributed by atoms with Crippen LogP contribution in [0.4, 0.5) is 0 Å². The van der Waals surface area contributed by atoms with Crippen molar-refractivity contribution in [3.05, 3.63) is 35.9 Å². The molecule has 2 heteroatoms. The predicted octanol–water partition coefficient (Wildman–Crippen LogP) is 0.873. The number of hydrogen-bond acceptors (Lipinski definition) is 1. The highest BCUT2D eigenvalue weighted by molar-refractivity contribution is 5.15. The van der Waals surface area contributed by atoms with Gasteiger partial charge in [-0.3, -0.25) is 5.73 Å². The third-order valence-corrected chi connectivity index (χ3v) is 1.55. The molecule has 0 fully saturated rings. The molecular weight excluding hydrogens is 138 g/mol. The Bertz CT molecular complexity index is 198. The number of nitrogens with one attached hydrogen (secondary N) is 1. The number of hydrogen-bond donors (Lipinski definition) is 1. The van der Waals surface area contributed by atoms with Gasteiger partial charge < -0.3 is 5.11 Å². The Morgan fingerprint density at radius 3 is 2.45 bits per heavy atom. The lowest BCUT2D eigenvalue weighted by atomic mass is 10.1. The lowest BCUT2D eigenvalue weighted by Gasteiger charge is -2.05. The van der Waals surface area contributed by atoms with Crippen molar-refractivity contribution in [1.82, 2.24) is 5.73 Å². The van der Waals surface area contributed by atoms with E-state index >= 15 is 0 Å². The second-order valence-corrected chi connectivity index (χ2v) is 2.57. The molecule has 1 radical (unpaired) electrons. The van der Waals surface area contributed by atoms with E-state index in [0.29, 0.717) is 6.42 Å². The number of aliphatic hydroxyl groups is 1. The van der Waals surface area contributed by atoms with Gasteiger partial charge in [0.05, 0.1) is 6.61 Å². The number of rotatable bonds is 3. The van der Waals surface area contributed by atoms with E-state index < -0.39 is 0 Å². The summed E-state index contributed by atoms with van der Waals surface area (Å²) in [5.41, 5.74) is 8.42. The summed E-state index contributed by atoms with van der Waals surface area (Å²) in [6.07, 6.45) is 0.636. The Balaban J connectivity index is 2.51. The van der Waals surface area contributed by atoms with Crippen molar-refractivity contribution < 1.29 is 5.11 Å². The summed E-state index contributed by atoms with van der Waals surface area (Å²) in [5, 5.41) is 8.61. The third-order valence-electron chi connectivity index (χ3n) is 1.55. The standard InChI is InChI=1S/C9H12NO/c10-9(7-11)6-8-4-2-1-3-5-8/h1-5,9-11H,6-7H2. The maximum atomic E-state index is 8.61. The average molecular weight is 150 g/mol. The zero-order valence-electron chi connectivity index (χ0n) is 6.33. The van der Waals surface area contributed by atoms with Crippen LogP contribution in [0, 0.1) is 0 Å². The van der Waals surface area contributed by atoms with Crippen LogP contribution in [0.5, 0.6) is 0 Å². The number of benzene rings is 1. The third kappa shape index (κ3) is 2.70. The zero-order valence-corrected chi connectivity index (χ0v) is 6.33. The Labute approximate surface area is 66.7 Å². The van der Waals surface area contributed by atoms with Crippen LogP contribution in [0.2, 0.25) is 0 Å². The highest BCUT2D eigenvalue weighted by Gasteiger charge is 2.00. The molecule has 1 aromatic carbocycles. The van der Waals surface area contributed by atoms with Gasteiger partial charge >= 0.3 is 0 Å². The largest absolute Gasteiger partial charge is 0.395 e. The Kier molecular flexibility index (Phi) is 3.08. The lowest BCUT2D eigenvalue weighted by molar-refractivity contribution is 0.262. The second kappa shape index (κ2) is 4.11. The van der Waals surface area contributed by atoms with Crippen molar-refractivity contribution in [2.24, 2.45) is 0 Å². The monoisotopic (exact) mass is 150 g/mol. The van der Waals surface area contributed by atoms with Crippen LogP contribution in [-0.2, 0) is 6.42 Å². The molecule has 2 nitrogen and oxygen atoms in total. The molecule has 0 saturated heterocycles. The van der Waals surface area contributed by atoms with E-state index in [9.17, 15) is 0 Å². The molecule has 0 aliphatic carbocycles. The smallest absolute Gasteiger partial charge is 0.0601 e. The van der Waals surface area contributed by atoms with E-state index in [0.717, 1.165) is 5.56 Å². The van der Waals surface area contributed by atoms with E-state index in [-0.39, 0.29) is 12.6 Å². The van der Waals surface area contributed by atoms with Gasteiger partial charge in [0, 0.05) is 6.04 Å². The molecule has 0 amide bonds. The molecule has 0 spiro atoms. The summed E-state index contributed by atoms with van der Waals surface area (Å²) in [4.78, 5) is 0. The summed E-state index contributed by atoms with van der Waals surface area (Å²) in [7, 11) is 0. The van der Waals surface area contributed by atoms with E-state index in [1.54, 1.807) is 0 Å². The van der Waals surface area contributed by atoms with Gasteiger partial charge in [-0.05, 0) is 12.0 Å². The first-order valence-corrected chi connectivity index (χ1v) is 3.69. The molecule has 0 bridgehead atoms. The van der Waals surface area contributed by atoms with E-state index in [1.165, 1.54) is 0 Å². The summed E-state index contributed by atoms with van der Waals surface area (Å²) < 4.78 is 0. The molecule has 11 heavy (non-hydrogen) atoms. The van der Waals surface area contributed by atoms with Gasteiger partial charge in [-0.1, -0.05) is 30.3 Å². The van der Waals surface area contributed by atoms with Crippen LogP contribution >= 0.6 is 0 Å². The van der Waals surface area contributed by atoms with Gasteiger partial charge in [0.2, 0.25) is 0 Å². The molecular formula is C9H12NO. The molecule has 0 heterocycles. The maximum Gasteiger partial charge on any atom is 0.0601 e. The minimum absolute atomic E-state index is 0.0606. The van der Waals surface area contributed by atoms with Gasteiger partial charge in [0.15, 0.2) is 0 Å². The lowest BCUT2D eigenvalue weighted by Crippen LogP contribution is -2.17. The molecule has 59 valence electrons. The van der Waals surface area contributed by atoms with Crippen molar-refractivity contribution in [3.8, 4) is 0 Å². The Morgan fingerprint density at radius 2 is 1.91 bits per heavy atom. The fourth-order valence-electron chi connectivity index (χ4n) is 0.963. The zero-order chi connectivity index (χ0) is 8.10. The molecule has 0 aliphatic heterocycles. The van der Waals surface area contributed by atoms with E-state index in [1.807, 2.05) is 30.3 Å². The predicted molar refractivity (Wildman–Crippen MR) is 44.1 cm³/mol. The fraction of sp³-hybridized carbons (Fsp3) is 0.333. The molecule has 1 unspecified atom stereocenters. The quantitative estimate of drug-likeness (QED) is 0.682. The van der Waals surface area contributed by atoms with E-state index in [4.69, 9.17) is 10.8 Å². The van der Waals surface area contributed by atoms with Crippen LogP contribution in [0.15, 0.2) is 30.3 Å². The topological polar surface area (TPSA) is 44.0 Å². The van der Waals surface area contributed by atoms with Crippen LogP contribution in [-0.4, -0.2) is 17.8 Å². The molecule has 1 rings (SSSR count). The van der Waals surface area contributed by atoms with Crippen molar-refractivity contribution in [2.45, 2.75) is 12.5 Å². The minimum Gasteiger partial charge on any atom is -0.395 e. The summed E-state index contributed by atoms with van der Waals surface area (Å²) in [6.45, 7) is -0.0606. The normalized spacial score (nSPS) is 12.9. The average Bonchev–Trinajstić information content (AvgIpc) is 2.06. The first-order chi connectivity index (χ1) is 5.33. The first kappa shape index (κ1) is 8.24. The molecule has 1 aromatic rings. The summed E-state index contributed by atoms with van der Waals surface area (Å²) in [6, 6.07) is 9.40. The molecule has 0 saturated carbocycles. The summed E-state index contributed by atoms with van der Waals surface area (Å²) >= 11 is 0. The van der Waals surface area contributed by atoms with Gasteiger partial charge in [-0.25, -0.2) is 0 Å². The van der Waals surface area contributed by atoms with Crippen LogP contribution in [0.3, 0.4) is 0 Å². The highest BCUT2D eigenvalue weighted by Crippen LogP contribution is 2.01. The molecule has 0 aromatic heterocycles. The number of aliphatic hydroxyl groups excluding tert-OH is 1. The minimum atomic E-state index is -0.377. The van der Waals surface area contributed by atoms with Gasteiger partial charge in [-0.2, -0.15) is 0 Å². The van der Waals surface area contributed by atoms with Crippen molar-refractivity contribution >= 4 is 0 Å². The van der Waals surface area contributed by atoms with Gasteiger partial charge in [0.25, 0.3) is 0 Å².